The van der Waals surface area contributed by atoms with Crippen LogP contribution < -0.4 is 0 Å². The van der Waals surface area contributed by atoms with Crippen molar-refractivity contribution in [1.29, 1.82) is 0 Å². The molecule has 1 atom stereocenters. The van der Waals surface area contributed by atoms with Gasteiger partial charge in [-0.2, -0.15) is 0 Å². The van der Waals surface area contributed by atoms with Gasteiger partial charge in [-0.3, -0.25) is 14.4 Å². The topological polar surface area (TPSA) is 78.9 Å². The first-order chi connectivity index (χ1) is 39.5. The molecule has 472 valence electrons. The summed E-state index contributed by atoms with van der Waals surface area (Å²) >= 11 is 0. The number of unbranched alkanes of at least 4 members (excludes halogenated alkanes) is 53. The zero-order valence-electron chi connectivity index (χ0n) is 54.4. The molecule has 0 aromatic carbocycles. The Morgan fingerprint density at radius 3 is 0.625 bits per heavy atom. The van der Waals surface area contributed by atoms with E-state index in [9.17, 15) is 14.4 Å². The first kappa shape index (κ1) is 77.9. The summed E-state index contributed by atoms with van der Waals surface area (Å²) in [7, 11) is 0. The van der Waals surface area contributed by atoms with E-state index in [0.717, 1.165) is 64.2 Å². The Labute approximate surface area is 500 Å². The Bertz CT molecular complexity index is 1290. The lowest BCUT2D eigenvalue weighted by Gasteiger charge is -2.18. The summed E-state index contributed by atoms with van der Waals surface area (Å²) < 4.78 is 17.0. The minimum atomic E-state index is -0.772. The molecule has 0 aliphatic rings. The van der Waals surface area contributed by atoms with Gasteiger partial charge in [-0.1, -0.05) is 347 Å². The van der Waals surface area contributed by atoms with Gasteiger partial charge in [0, 0.05) is 19.3 Å². The van der Waals surface area contributed by atoms with E-state index in [4.69, 9.17) is 14.2 Å². The zero-order chi connectivity index (χ0) is 57.8. The fraction of sp³-hybridized carbons (Fsp3) is 0.905. The number of carbonyl (C=O) groups is 3. The van der Waals surface area contributed by atoms with E-state index >= 15 is 0 Å². The summed E-state index contributed by atoms with van der Waals surface area (Å²) in [5, 5.41) is 0. The molecule has 0 saturated heterocycles. The van der Waals surface area contributed by atoms with Gasteiger partial charge in [0.2, 0.25) is 0 Å². The molecule has 6 nitrogen and oxygen atoms in total. The van der Waals surface area contributed by atoms with E-state index in [1.807, 2.05) is 0 Å². The summed E-state index contributed by atoms with van der Waals surface area (Å²) in [5.41, 5.74) is 0. The number of rotatable bonds is 68. The van der Waals surface area contributed by atoms with Crippen LogP contribution in [0.1, 0.15) is 412 Å². The Morgan fingerprint density at radius 1 is 0.237 bits per heavy atom. The fourth-order valence-electron chi connectivity index (χ4n) is 11.2. The van der Waals surface area contributed by atoms with Gasteiger partial charge in [0.1, 0.15) is 13.2 Å². The van der Waals surface area contributed by atoms with Crippen LogP contribution in [0.15, 0.2) is 24.3 Å². The zero-order valence-corrected chi connectivity index (χ0v) is 54.4. The monoisotopic (exact) mass is 1130 g/mol. The molecule has 0 N–H and O–H groups in total. The maximum absolute atomic E-state index is 12.9. The molecule has 6 heteroatoms. The first-order valence-corrected chi connectivity index (χ1v) is 36.3. The van der Waals surface area contributed by atoms with Crippen molar-refractivity contribution >= 4 is 17.9 Å². The highest BCUT2D eigenvalue weighted by molar-refractivity contribution is 5.71. The molecule has 0 radical (unpaired) electrons. The van der Waals surface area contributed by atoms with Crippen LogP contribution in [0.2, 0.25) is 0 Å². The first-order valence-electron chi connectivity index (χ1n) is 36.3. The van der Waals surface area contributed by atoms with Crippen molar-refractivity contribution in [3.63, 3.8) is 0 Å². The number of esters is 3. The molecule has 1 unspecified atom stereocenters. The van der Waals surface area contributed by atoms with Gasteiger partial charge in [-0.25, -0.2) is 0 Å². The van der Waals surface area contributed by atoms with Gasteiger partial charge in [-0.05, 0) is 70.6 Å². The average molecular weight is 1130 g/mol. The SMILES string of the molecule is CCCCCCCCC/C=C\CCCCCCCC(=O)OC(COC(=O)CCCCCCCCCCCCCCCCC)COC(=O)CCCCCCCCCCCCCCCCCCCCC/C=C\CCCCCCCCCC. The predicted octanol–water partition coefficient (Wildman–Crippen LogP) is 25.0. The Kier molecular flexibility index (Phi) is 67.6. The molecule has 0 spiro atoms. The highest BCUT2D eigenvalue weighted by atomic mass is 16.6. The second-order valence-corrected chi connectivity index (χ2v) is 24.9. The summed E-state index contributed by atoms with van der Waals surface area (Å²) in [4.78, 5) is 38.4. The molecule has 0 heterocycles. The number of ether oxygens (including phenoxy) is 3. The molecule has 0 fully saturated rings. The number of allylic oxidation sites excluding steroid dienone is 4. The van der Waals surface area contributed by atoms with Crippen molar-refractivity contribution in [3.05, 3.63) is 24.3 Å². The van der Waals surface area contributed by atoms with E-state index in [1.54, 1.807) is 0 Å². The summed E-state index contributed by atoms with van der Waals surface area (Å²) in [6, 6.07) is 0. The highest BCUT2D eigenvalue weighted by Crippen LogP contribution is 2.19. The largest absolute Gasteiger partial charge is 0.462 e. The van der Waals surface area contributed by atoms with E-state index in [1.165, 1.54) is 308 Å². The number of carbonyl (C=O) groups excluding carboxylic acids is 3. The van der Waals surface area contributed by atoms with Gasteiger partial charge < -0.3 is 14.2 Å². The standard InChI is InChI=1S/C74H140O6/c1-4-7-10-13-16-19-22-25-28-30-31-32-33-34-35-36-37-38-39-40-41-42-43-44-47-49-52-55-58-61-64-67-73(76)79-70-71(69-78-72(75)66-63-60-57-54-51-48-45-27-24-21-18-15-12-9-6-3)80-74(77)68-65-62-59-56-53-50-46-29-26-23-20-17-14-11-8-5-2/h29-31,46,71H,4-28,32-45,47-70H2,1-3H3/b31-30-,46-29-. The minimum absolute atomic E-state index is 0.0681. The van der Waals surface area contributed by atoms with Crippen LogP contribution in [0.5, 0.6) is 0 Å². The quantitative estimate of drug-likeness (QED) is 0.0261. The van der Waals surface area contributed by atoms with Crippen LogP contribution >= 0.6 is 0 Å². The van der Waals surface area contributed by atoms with Crippen molar-refractivity contribution in [2.45, 2.75) is 419 Å². The van der Waals surface area contributed by atoms with Gasteiger partial charge >= 0.3 is 17.9 Å². The lowest BCUT2D eigenvalue weighted by Crippen LogP contribution is -2.30. The van der Waals surface area contributed by atoms with Gasteiger partial charge in [0.15, 0.2) is 6.10 Å². The van der Waals surface area contributed by atoms with Crippen LogP contribution in [-0.4, -0.2) is 37.2 Å². The van der Waals surface area contributed by atoms with Gasteiger partial charge in [0.25, 0.3) is 0 Å². The number of hydrogen-bond acceptors (Lipinski definition) is 6. The maximum atomic E-state index is 12.9. The molecular formula is C74H140O6. The molecule has 0 saturated carbocycles. The highest BCUT2D eigenvalue weighted by Gasteiger charge is 2.19. The maximum Gasteiger partial charge on any atom is 0.306 e. The second kappa shape index (κ2) is 69.4. The normalized spacial score (nSPS) is 12.1. The van der Waals surface area contributed by atoms with E-state index in [0.29, 0.717) is 19.3 Å². The predicted molar refractivity (Wildman–Crippen MR) is 349 cm³/mol. The third-order valence-electron chi connectivity index (χ3n) is 16.7. The lowest BCUT2D eigenvalue weighted by atomic mass is 10.0. The van der Waals surface area contributed by atoms with Gasteiger partial charge in [-0.15, -0.1) is 0 Å². The summed E-state index contributed by atoms with van der Waals surface area (Å²) in [5.74, 6) is -0.844. The van der Waals surface area contributed by atoms with Crippen LogP contribution in [0.4, 0.5) is 0 Å². The lowest BCUT2D eigenvalue weighted by molar-refractivity contribution is -0.167. The van der Waals surface area contributed by atoms with E-state index in [2.05, 4.69) is 45.1 Å². The van der Waals surface area contributed by atoms with Crippen molar-refractivity contribution in [3.8, 4) is 0 Å². The molecule has 0 rings (SSSR count). The summed E-state index contributed by atoms with van der Waals surface area (Å²) in [6.45, 7) is 6.71. The minimum Gasteiger partial charge on any atom is -0.462 e. The molecule has 0 amide bonds. The second-order valence-electron chi connectivity index (χ2n) is 24.9. The molecule has 0 aromatic heterocycles. The van der Waals surface area contributed by atoms with Crippen LogP contribution in [0.25, 0.3) is 0 Å². The molecule has 0 bridgehead atoms. The van der Waals surface area contributed by atoms with Crippen molar-refractivity contribution in [1.82, 2.24) is 0 Å². The Balaban J connectivity index is 4.14. The smallest absolute Gasteiger partial charge is 0.306 e. The third kappa shape index (κ3) is 66.7. The van der Waals surface area contributed by atoms with Crippen LogP contribution in [0.3, 0.4) is 0 Å². The molecule has 80 heavy (non-hydrogen) atoms. The van der Waals surface area contributed by atoms with Crippen LogP contribution in [-0.2, 0) is 28.6 Å². The van der Waals surface area contributed by atoms with Crippen molar-refractivity contribution < 1.29 is 28.6 Å². The van der Waals surface area contributed by atoms with Crippen molar-refractivity contribution in [2.75, 3.05) is 13.2 Å². The molecule has 0 aromatic rings. The van der Waals surface area contributed by atoms with Crippen molar-refractivity contribution in [2.24, 2.45) is 0 Å². The third-order valence-corrected chi connectivity index (χ3v) is 16.7. The average Bonchev–Trinajstić information content (AvgIpc) is 3.46. The summed E-state index contributed by atoms with van der Waals surface area (Å²) in [6.07, 6.45) is 85.1. The van der Waals surface area contributed by atoms with E-state index in [-0.39, 0.29) is 31.1 Å². The van der Waals surface area contributed by atoms with Gasteiger partial charge in [0.05, 0.1) is 0 Å². The Hall–Kier alpha value is -2.11. The Morgan fingerprint density at radius 2 is 0.412 bits per heavy atom. The molecular weight excluding hydrogens is 985 g/mol. The molecule has 0 aliphatic carbocycles. The number of hydrogen-bond donors (Lipinski definition) is 0. The van der Waals surface area contributed by atoms with E-state index < -0.39 is 6.10 Å². The molecule has 0 aliphatic heterocycles. The fourth-order valence-corrected chi connectivity index (χ4v) is 11.2. The van der Waals surface area contributed by atoms with Crippen LogP contribution in [0, 0.1) is 0 Å².